The third kappa shape index (κ3) is 1.20. The molecule has 58 valence electrons. The lowest BCUT2D eigenvalue weighted by atomic mass is 9.90. The molecule has 0 aromatic heterocycles. The minimum absolute atomic E-state index is 0.0399. The van der Waals surface area contributed by atoms with Gasteiger partial charge in [0, 0.05) is 5.92 Å². The van der Waals surface area contributed by atoms with Crippen LogP contribution in [0.5, 0.6) is 0 Å². The van der Waals surface area contributed by atoms with Gasteiger partial charge in [-0.25, -0.2) is 0 Å². The van der Waals surface area contributed by atoms with Crippen LogP contribution in [-0.2, 0) is 0 Å². The molecule has 0 aromatic carbocycles. The van der Waals surface area contributed by atoms with E-state index in [0.29, 0.717) is 11.3 Å². The molecule has 0 spiro atoms. The molecule has 1 fully saturated rings. The maximum absolute atomic E-state index is 3.97. The van der Waals surface area contributed by atoms with Gasteiger partial charge in [-0.05, 0) is 11.0 Å². The van der Waals surface area contributed by atoms with Gasteiger partial charge in [0.25, 0.3) is 0 Å². The first-order chi connectivity index (χ1) is 4.28. The zero-order chi connectivity index (χ0) is 8.15. The molecule has 1 rings (SSSR count). The van der Waals surface area contributed by atoms with E-state index >= 15 is 0 Å². The highest BCUT2D eigenvalue weighted by Gasteiger charge is 2.60. The second kappa shape index (κ2) is 2.10. The first-order valence-corrected chi connectivity index (χ1v) is 4.93. The van der Waals surface area contributed by atoms with Gasteiger partial charge < -0.3 is 0 Å². The lowest BCUT2D eigenvalue weighted by molar-refractivity contribution is 0.363. The van der Waals surface area contributed by atoms with Crippen LogP contribution in [0.25, 0.3) is 0 Å². The summed E-state index contributed by atoms with van der Waals surface area (Å²) in [6, 6.07) is 0. The van der Waals surface area contributed by atoms with Crippen LogP contribution in [0.15, 0.2) is 12.2 Å². The zero-order valence-electron chi connectivity index (χ0n) is 6.54. The van der Waals surface area contributed by atoms with Crippen LogP contribution in [-0.4, -0.2) is 3.23 Å². The molecule has 1 atom stereocenters. The number of rotatable bonds is 0. The lowest BCUT2D eigenvalue weighted by Gasteiger charge is -2.17. The van der Waals surface area contributed by atoms with E-state index in [4.69, 9.17) is 0 Å². The van der Waals surface area contributed by atoms with Gasteiger partial charge in [0.2, 0.25) is 0 Å². The first kappa shape index (κ1) is 8.79. The Kier molecular flexibility index (Phi) is 1.85. The van der Waals surface area contributed by atoms with Crippen molar-refractivity contribution in [3.05, 3.63) is 12.2 Å². The Morgan fingerprint density at radius 2 is 1.70 bits per heavy atom. The number of allylic oxidation sites excluding steroid dienone is 1. The van der Waals surface area contributed by atoms with Gasteiger partial charge in [-0.1, -0.05) is 59.2 Å². The molecule has 2 heteroatoms. The van der Waals surface area contributed by atoms with Crippen LogP contribution in [0.2, 0.25) is 0 Å². The Balaban J connectivity index is 2.76. The molecule has 0 aliphatic heterocycles. The van der Waals surface area contributed by atoms with Crippen molar-refractivity contribution in [2.75, 3.05) is 0 Å². The predicted molar refractivity (Wildman–Crippen MR) is 52.7 cm³/mol. The van der Waals surface area contributed by atoms with Gasteiger partial charge in [0.15, 0.2) is 0 Å². The molecule has 0 aromatic rings. The van der Waals surface area contributed by atoms with Crippen LogP contribution >= 0.6 is 31.9 Å². The van der Waals surface area contributed by atoms with Crippen molar-refractivity contribution in [1.82, 2.24) is 0 Å². The zero-order valence-corrected chi connectivity index (χ0v) is 9.71. The molecule has 10 heavy (non-hydrogen) atoms. The molecular weight excluding hydrogens is 256 g/mol. The van der Waals surface area contributed by atoms with E-state index in [2.05, 4.69) is 59.2 Å². The first-order valence-electron chi connectivity index (χ1n) is 3.35. The molecular formula is C8H12Br2. The van der Waals surface area contributed by atoms with Gasteiger partial charge in [0.1, 0.15) is 3.23 Å². The minimum Gasteiger partial charge on any atom is -0.0972 e. The van der Waals surface area contributed by atoms with Crippen molar-refractivity contribution in [2.45, 2.75) is 24.0 Å². The van der Waals surface area contributed by atoms with E-state index in [1.54, 1.807) is 0 Å². The molecule has 0 radical (unpaired) electrons. The molecule has 0 saturated heterocycles. The van der Waals surface area contributed by atoms with Crippen molar-refractivity contribution in [2.24, 2.45) is 11.3 Å². The summed E-state index contributed by atoms with van der Waals surface area (Å²) in [5.41, 5.74) is 1.59. The molecule has 0 amide bonds. The fourth-order valence-electron chi connectivity index (χ4n) is 1.40. The highest BCUT2D eigenvalue weighted by Crippen LogP contribution is 2.66. The normalized spacial score (nSPS) is 30.5. The SMILES string of the molecule is C=C1C(C(C)(C)C)C1(Br)Br. The number of halogens is 2. The van der Waals surface area contributed by atoms with Crippen LogP contribution in [0.1, 0.15) is 20.8 Å². The van der Waals surface area contributed by atoms with Crippen molar-refractivity contribution >= 4 is 31.9 Å². The number of hydrogen-bond donors (Lipinski definition) is 0. The van der Waals surface area contributed by atoms with Crippen molar-refractivity contribution in [3.63, 3.8) is 0 Å². The molecule has 1 aliphatic rings. The minimum atomic E-state index is 0.0399. The molecule has 1 aliphatic carbocycles. The summed E-state index contributed by atoms with van der Waals surface area (Å²) in [4.78, 5) is 0. The standard InChI is InChI=1S/C8H12Br2/c1-5-6(7(2,3)4)8(5,9)10/h6H,1H2,2-4H3. The molecule has 0 bridgehead atoms. The van der Waals surface area contributed by atoms with E-state index in [9.17, 15) is 0 Å². The molecule has 0 N–H and O–H groups in total. The van der Waals surface area contributed by atoms with Gasteiger partial charge in [-0.3, -0.25) is 0 Å². The van der Waals surface area contributed by atoms with E-state index in [-0.39, 0.29) is 3.23 Å². The van der Waals surface area contributed by atoms with Crippen LogP contribution in [0.4, 0.5) is 0 Å². The van der Waals surface area contributed by atoms with Gasteiger partial charge >= 0.3 is 0 Å². The maximum atomic E-state index is 3.97. The fourth-order valence-corrected chi connectivity index (χ4v) is 3.55. The average molecular weight is 268 g/mol. The smallest absolute Gasteiger partial charge is 0.0972 e. The predicted octanol–water partition coefficient (Wildman–Crippen LogP) is 3.70. The molecule has 0 heterocycles. The van der Waals surface area contributed by atoms with Gasteiger partial charge in [-0.15, -0.1) is 0 Å². The largest absolute Gasteiger partial charge is 0.108 e. The van der Waals surface area contributed by atoms with E-state index in [1.807, 2.05) is 0 Å². The summed E-state index contributed by atoms with van der Waals surface area (Å²) in [5.74, 6) is 0.569. The topological polar surface area (TPSA) is 0 Å². The van der Waals surface area contributed by atoms with Crippen LogP contribution < -0.4 is 0 Å². The summed E-state index contributed by atoms with van der Waals surface area (Å²) in [5, 5.41) is 0. The third-order valence-electron chi connectivity index (χ3n) is 1.92. The van der Waals surface area contributed by atoms with Crippen molar-refractivity contribution in [1.29, 1.82) is 0 Å². The van der Waals surface area contributed by atoms with Crippen molar-refractivity contribution < 1.29 is 0 Å². The molecule has 1 saturated carbocycles. The summed E-state index contributed by atoms with van der Waals surface area (Å²) in [6.45, 7) is 10.7. The lowest BCUT2D eigenvalue weighted by Crippen LogP contribution is -2.11. The highest BCUT2D eigenvalue weighted by atomic mass is 79.9. The van der Waals surface area contributed by atoms with Crippen LogP contribution in [0.3, 0.4) is 0 Å². The summed E-state index contributed by atoms with van der Waals surface area (Å²) in [7, 11) is 0. The summed E-state index contributed by atoms with van der Waals surface area (Å²) in [6.07, 6.45) is 0. The van der Waals surface area contributed by atoms with E-state index < -0.39 is 0 Å². The number of alkyl halides is 2. The second-order valence-corrected chi connectivity index (χ2v) is 7.51. The van der Waals surface area contributed by atoms with E-state index in [1.165, 1.54) is 5.57 Å². The van der Waals surface area contributed by atoms with Gasteiger partial charge in [0.05, 0.1) is 0 Å². The van der Waals surface area contributed by atoms with Crippen LogP contribution in [0, 0.1) is 11.3 Å². The maximum Gasteiger partial charge on any atom is 0.108 e. The highest BCUT2D eigenvalue weighted by molar-refractivity contribution is 9.25. The average Bonchev–Trinajstić information content (AvgIpc) is 2.03. The Morgan fingerprint density at radius 3 is 1.70 bits per heavy atom. The Labute approximate surface area is 79.3 Å². The van der Waals surface area contributed by atoms with Gasteiger partial charge in [-0.2, -0.15) is 0 Å². The monoisotopic (exact) mass is 266 g/mol. The van der Waals surface area contributed by atoms with Crippen molar-refractivity contribution in [3.8, 4) is 0 Å². The third-order valence-corrected chi connectivity index (χ3v) is 3.86. The summed E-state index contributed by atoms with van der Waals surface area (Å²) < 4.78 is 0.0399. The molecule has 1 unspecified atom stereocenters. The fraction of sp³-hybridized carbons (Fsp3) is 0.750. The quantitative estimate of drug-likeness (QED) is 0.464. The Hall–Kier alpha value is 0.700. The second-order valence-electron chi connectivity index (χ2n) is 3.95. The molecule has 0 nitrogen and oxygen atoms in total. The Bertz CT molecular complexity index is 174. The summed E-state index contributed by atoms with van der Waals surface area (Å²) >= 11 is 7.14. The Morgan fingerprint density at radius 1 is 1.40 bits per heavy atom. The van der Waals surface area contributed by atoms with E-state index in [0.717, 1.165) is 0 Å². The number of hydrogen-bond acceptors (Lipinski definition) is 0.